The number of aryl methyl sites for hydroxylation is 1. The Hall–Kier alpha value is -3.58. The van der Waals surface area contributed by atoms with Crippen LogP contribution in [0, 0.1) is 6.92 Å². The number of amides is 1. The van der Waals surface area contributed by atoms with E-state index in [-0.39, 0.29) is 29.0 Å². The first-order chi connectivity index (χ1) is 16.4. The summed E-state index contributed by atoms with van der Waals surface area (Å²) in [5.74, 6) is -0.578. The average Bonchev–Trinajstić information content (AvgIpc) is 3.19. The molecule has 1 aliphatic rings. The molecule has 3 aromatic rings. The minimum atomic E-state index is -0.578. The van der Waals surface area contributed by atoms with Crippen LogP contribution in [0.25, 0.3) is 0 Å². The number of rotatable bonds is 7. The lowest BCUT2D eigenvalue weighted by Crippen LogP contribution is -2.35. The van der Waals surface area contributed by atoms with Crippen molar-refractivity contribution in [3.63, 3.8) is 0 Å². The Balaban J connectivity index is 1.61. The molecule has 1 aliphatic heterocycles. The number of carbonyl (C=O) groups excluding carboxylic acids is 2. The maximum Gasteiger partial charge on any atom is 0.414 e. The van der Waals surface area contributed by atoms with E-state index in [0.29, 0.717) is 18.7 Å². The number of nitrogens with zero attached hydrogens (tertiary/aromatic N) is 2. The van der Waals surface area contributed by atoms with Gasteiger partial charge in [0.15, 0.2) is 5.69 Å². The van der Waals surface area contributed by atoms with E-state index < -0.39 is 5.97 Å². The number of nitrogens with one attached hydrogen (secondary N) is 1. The van der Waals surface area contributed by atoms with Crippen molar-refractivity contribution in [3.8, 4) is 0 Å². The zero-order valence-electron chi connectivity index (χ0n) is 19.2. The van der Waals surface area contributed by atoms with Crippen LogP contribution < -0.4 is 10.2 Å². The molecule has 0 bridgehead atoms. The molecule has 1 aromatic heterocycles. The van der Waals surface area contributed by atoms with E-state index in [4.69, 9.17) is 21.1 Å². The van der Waals surface area contributed by atoms with Gasteiger partial charge in [0.1, 0.15) is 11.8 Å². The summed E-state index contributed by atoms with van der Waals surface area (Å²) >= 11 is 5.98. The minimum Gasteiger partial charge on any atom is -0.464 e. The highest BCUT2D eigenvalue weighted by molar-refractivity contribution is 6.29. The van der Waals surface area contributed by atoms with Gasteiger partial charge in [0.05, 0.1) is 18.8 Å². The molecule has 2 aromatic carbocycles. The van der Waals surface area contributed by atoms with Crippen LogP contribution >= 0.6 is 11.6 Å². The molecule has 1 N–H and O–H groups in total. The predicted molar refractivity (Wildman–Crippen MR) is 132 cm³/mol. The maximum absolute atomic E-state index is 12.7. The van der Waals surface area contributed by atoms with Crippen molar-refractivity contribution in [2.45, 2.75) is 32.4 Å². The monoisotopic (exact) mass is 479 g/mol. The zero-order valence-corrected chi connectivity index (χ0v) is 20.0. The molecule has 0 radical (unpaired) electrons. The molecule has 1 saturated heterocycles. The van der Waals surface area contributed by atoms with Crippen LogP contribution in [0.3, 0.4) is 0 Å². The Labute approximate surface area is 203 Å². The van der Waals surface area contributed by atoms with Crippen molar-refractivity contribution in [1.82, 2.24) is 4.98 Å². The molecule has 7 nitrogen and oxygen atoms in total. The third-order valence-corrected chi connectivity index (χ3v) is 5.96. The number of cyclic esters (lactones) is 1. The fourth-order valence-electron chi connectivity index (χ4n) is 4.11. The number of carbonyl (C=O) groups is 2. The largest absolute Gasteiger partial charge is 0.464 e. The van der Waals surface area contributed by atoms with Gasteiger partial charge in [-0.3, -0.25) is 4.90 Å². The Morgan fingerprint density at radius 1 is 1.24 bits per heavy atom. The molecule has 1 amide bonds. The number of ether oxygens (including phenoxy) is 2. The summed E-state index contributed by atoms with van der Waals surface area (Å²) in [6.07, 6.45) is 0.343. The lowest BCUT2D eigenvalue weighted by molar-refractivity contribution is 0.0595. The standard InChI is InChI=1S/C26H26ClN3O4/c1-16-11-19(17(2)28-22-9-10-23(27)29-24(22)25(31)33-3)14-20(12-16)30-21(15-34-26(30)32)13-18-7-5-4-6-8-18/h4-12,14,17,21,28H,13,15H2,1-3H3/t17?,21-/m0/s1. The number of aromatic nitrogens is 1. The predicted octanol–water partition coefficient (Wildman–Crippen LogP) is 5.57. The highest BCUT2D eigenvalue weighted by Gasteiger charge is 2.34. The molecule has 1 unspecified atom stereocenters. The van der Waals surface area contributed by atoms with Gasteiger partial charge in [0, 0.05) is 11.7 Å². The fraction of sp³-hybridized carbons (Fsp3) is 0.269. The van der Waals surface area contributed by atoms with Gasteiger partial charge in [0.25, 0.3) is 0 Å². The van der Waals surface area contributed by atoms with Crippen LogP contribution in [0.4, 0.5) is 16.2 Å². The van der Waals surface area contributed by atoms with Gasteiger partial charge in [-0.25, -0.2) is 14.6 Å². The lowest BCUT2D eigenvalue weighted by atomic mass is 10.0. The van der Waals surface area contributed by atoms with E-state index in [0.717, 1.165) is 22.4 Å². The number of hydrogen-bond acceptors (Lipinski definition) is 6. The fourth-order valence-corrected chi connectivity index (χ4v) is 4.26. The van der Waals surface area contributed by atoms with Gasteiger partial charge >= 0.3 is 12.1 Å². The van der Waals surface area contributed by atoms with Crippen LogP contribution in [0.1, 0.15) is 40.1 Å². The summed E-state index contributed by atoms with van der Waals surface area (Å²) in [7, 11) is 1.30. The lowest BCUT2D eigenvalue weighted by Gasteiger charge is -2.24. The molecule has 34 heavy (non-hydrogen) atoms. The third-order valence-electron chi connectivity index (χ3n) is 5.75. The molecule has 1 fully saturated rings. The number of esters is 1. The van der Waals surface area contributed by atoms with Crippen LogP contribution in [0.15, 0.2) is 60.7 Å². The van der Waals surface area contributed by atoms with E-state index in [1.165, 1.54) is 7.11 Å². The van der Waals surface area contributed by atoms with E-state index in [1.807, 2.05) is 62.4 Å². The molecule has 8 heteroatoms. The molecule has 2 atom stereocenters. The summed E-state index contributed by atoms with van der Waals surface area (Å²) in [5.41, 5.74) is 4.48. The van der Waals surface area contributed by atoms with Crippen LogP contribution in [-0.4, -0.2) is 36.8 Å². The Kier molecular flexibility index (Phi) is 7.03. The van der Waals surface area contributed by atoms with Crippen molar-refractivity contribution in [3.05, 3.63) is 88.2 Å². The topological polar surface area (TPSA) is 80.8 Å². The van der Waals surface area contributed by atoms with E-state index in [9.17, 15) is 9.59 Å². The Bertz CT molecular complexity index is 1200. The van der Waals surface area contributed by atoms with Gasteiger partial charge < -0.3 is 14.8 Å². The van der Waals surface area contributed by atoms with Crippen LogP contribution in [0.2, 0.25) is 5.15 Å². The van der Waals surface area contributed by atoms with Gasteiger partial charge in [-0.05, 0) is 61.2 Å². The molecular weight excluding hydrogens is 454 g/mol. The Morgan fingerprint density at radius 3 is 2.74 bits per heavy atom. The van der Waals surface area contributed by atoms with E-state index >= 15 is 0 Å². The normalized spacial score (nSPS) is 16.2. The number of halogens is 1. The second kappa shape index (κ2) is 10.1. The minimum absolute atomic E-state index is 0.0980. The number of methoxy groups -OCH3 is 1. The van der Waals surface area contributed by atoms with E-state index in [1.54, 1.807) is 17.0 Å². The molecule has 0 saturated carbocycles. The highest BCUT2D eigenvalue weighted by atomic mass is 35.5. The van der Waals surface area contributed by atoms with Crippen molar-refractivity contribution in [1.29, 1.82) is 0 Å². The summed E-state index contributed by atoms with van der Waals surface area (Å²) in [6.45, 7) is 4.29. The number of anilines is 2. The molecule has 0 aliphatic carbocycles. The first-order valence-corrected chi connectivity index (χ1v) is 11.4. The van der Waals surface area contributed by atoms with Gasteiger partial charge in [0.2, 0.25) is 0 Å². The average molecular weight is 480 g/mol. The summed E-state index contributed by atoms with van der Waals surface area (Å²) in [5, 5.41) is 3.52. The van der Waals surface area contributed by atoms with Crippen molar-refractivity contribution >= 4 is 35.0 Å². The van der Waals surface area contributed by atoms with Crippen LogP contribution in [-0.2, 0) is 15.9 Å². The molecule has 176 valence electrons. The highest BCUT2D eigenvalue weighted by Crippen LogP contribution is 2.31. The quantitative estimate of drug-likeness (QED) is 0.352. The maximum atomic E-state index is 12.7. The summed E-state index contributed by atoms with van der Waals surface area (Å²) in [6, 6.07) is 19.0. The second-order valence-electron chi connectivity index (χ2n) is 8.28. The van der Waals surface area contributed by atoms with Crippen molar-refractivity contribution in [2.75, 3.05) is 23.9 Å². The molecular formula is C26H26ClN3O4. The number of pyridine rings is 1. The first-order valence-electron chi connectivity index (χ1n) is 11.0. The SMILES string of the molecule is COC(=O)c1nc(Cl)ccc1NC(C)c1cc(C)cc(N2C(=O)OC[C@@H]2Cc2ccccc2)c1. The first kappa shape index (κ1) is 23.6. The molecule has 4 rings (SSSR count). The summed E-state index contributed by atoms with van der Waals surface area (Å²) in [4.78, 5) is 30.7. The molecule has 2 heterocycles. The van der Waals surface area contributed by atoms with Crippen molar-refractivity contribution < 1.29 is 19.1 Å². The summed E-state index contributed by atoms with van der Waals surface area (Å²) < 4.78 is 10.2. The Morgan fingerprint density at radius 2 is 2.00 bits per heavy atom. The van der Waals surface area contributed by atoms with Gasteiger partial charge in [-0.2, -0.15) is 0 Å². The zero-order chi connectivity index (χ0) is 24.2. The molecule has 0 spiro atoms. The van der Waals surface area contributed by atoms with E-state index in [2.05, 4.69) is 10.3 Å². The third kappa shape index (κ3) is 5.15. The van der Waals surface area contributed by atoms with Crippen LogP contribution in [0.5, 0.6) is 0 Å². The van der Waals surface area contributed by atoms with Crippen molar-refractivity contribution in [2.24, 2.45) is 0 Å². The smallest absolute Gasteiger partial charge is 0.414 e. The number of hydrogen-bond donors (Lipinski definition) is 1. The number of benzene rings is 2. The van der Waals surface area contributed by atoms with Gasteiger partial charge in [-0.15, -0.1) is 0 Å². The second-order valence-corrected chi connectivity index (χ2v) is 8.67. The van der Waals surface area contributed by atoms with Gasteiger partial charge in [-0.1, -0.05) is 48.0 Å².